The molecule has 1 atom stereocenters. The molecule has 88 valence electrons. The molecule has 0 saturated carbocycles. The van der Waals surface area contributed by atoms with Crippen LogP contribution in [0.5, 0.6) is 5.75 Å². The summed E-state index contributed by atoms with van der Waals surface area (Å²) < 4.78 is 5.78. The standard InChI is InChI=1S/C12H19N3O/c1-3-10(8-15-12(13)14)16-11-6-4-5-9(2)7-11/h4-7,10H,3,8H2,1-2H3,(H4,13,14,15). The lowest BCUT2D eigenvalue weighted by atomic mass is 10.2. The van der Waals surface area contributed by atoms with Gasteiger partial charge in [0, 0.05) is 0 Å². The minimum absolute atomic E-state index is 0.0175. The molecule has 4 nitrogen and oxygen atoms in total. The summed E-state index contributed by atoms with van der Waals surface area (Å²) in [4.78, 5) is 3.96. The molecule has 0 aromatic heterocycles. The molecule has 1 rings (SSSR count). The van der Waals surface area contributed by atoms with Crippen molar-refractivity contribution < 1.29 is 4.74 Å². The summed E-state index contributed by atoms with van der Waals surface area (Å²) in [5.41, 5.74) is 11.7. The van der Waals surface area contributed by atoms with Crippen LogP contribution in [0.1, 0.15) is 18.9 Å². The summed E-state index contributed by atoms with van der Waals surface area (Å²) >= 11 is 0. The van der Waals surface area contributed by atoms with Crippen molar-refractivity contribution in [2.45, 2.75) is 26.4 Å². The highest BCUT2D eigenvalue weighted by atomic mass is 16.5. The number of hydrogen-bond acceptors (Lipinski definition) is 2. The predicted octanol–water partition coefficient (Wildman–Crippen LogP) is 1.43. The molecule has 0 fully saturated rings. The second-order valence-corrected chi connectivity index (χ2v) is 3.73. The van der Waals surface area contributed by atoms with Gasteiger partial charge in [0.15, 0.2) is 5.96 Å². The zero-order valence-electron chi connectivity index (χ0n) is 9.81. The van der Waals surface area contributed by atoms with E-state index in [-0.39, 0.29) is 12.1 Å². The highest BCUT2D eigenvalue weighted by Gasteiger charge is 2.07. The van der Waals surface area contributed by atoms with E-state index in [0.29, 0.717) is 6.54 Å². The molecule has 4 N–H and O–H groups in total. The number of aliphatic imine (C=N–C) groups is 1. The van der Waals surface area contributed by atoms with Crippen LogP contribution in [-0.4, -0.2) is 18.6 Å². The third-order valence-electron chi connectivity index (χ3n) is 2.23. The van der Waals surface area contributed by atoms with Crippen molar-refractivity contribution in [1.29, 1.82) is 0 Å². The lowest BCUT2D eigenvalue weighted by Gasteiger charge is -2.15. The van der Waals surface area contributed by atoms with E-state index < -0.39 is 0 Å². The number of hydrogen-bond donors (Lipinski definition) is 2. The molecule has 1 unspecified atom stereocenters. The molecule has 16 heavy (non-hydrogen) atoms. The zero-order chi connectivity index (χ0) is 12.0. The Hall–Kier alpha value is -1.71. The first kappa shape index (κ1) is 12.4. The molecular formula is C12H19N3O. The topological polar surface area (TPSA) is 73.6 Å². The Labute approximate surface area is 96.3 Å². The minimum Gasteiger partial charge on any atom is -0.489 e. The van der Waals surface area contributed by atoms with E-state index >= 15 is 0 Å². The van der Waals surface area contributed by atoms with Gasteiger partial charge in [-0.15, -0.1) is 0 Å². The quantitative estimate of drug-likeness (QED) is 0.583. The van der Waals surface area contributed by atoms with Gasteiger partial charge in [0.05, 0.1) is 6.54 Å². The molecule has 0 amide bonds. The van der Waals surface area contributed by atoms with Crippen LogP contribution in [0.4, 0.5) is 0 Å². The summed E-state index contributed by atoms with van der Waals surface area (Å²) in [6.07, 6.45) is 0.883. The van der Waals surface area contributed by atoms with Crippen molar-refractivity contribution in [2.75, 3.05) is 6.54 Å². The van der Waals surface area contributed by atoms with Crippen LogP contribution in [0.2, 0.25) is 0 Å². The van der Waals surface area contributed by atoms with Gasteiger partial charge in [0.25, 0.3) is 0 Å². The SMILES string of the molecule is CCC(CN=C(N)N)Oc1cccc(C)c1. The van der Waals surface area contributed by atoms with E-state index in [2.05, 4.69) is 4.99 Å². The van der Waals surface area contributed by atoms with Crippen molar-refractivity contribution in [2.24, 2.45) is 16.5 Å². The van der Waals surface area contributed by atoms with Crippen molar-refractivity contribution in [1.82, 2.24) is 0 Å². The molecule has 0 radical (unpaired) electrons. The summed E-state index contributed by atoms with van der Waals surface area (Å²) in [6.45, 7) is 4.57. The Morgan fingerprint density at radius 2 is 2.19 bits per heavy atom. The fourth-order valence-corrected chi connectivity index (χ4v) is 1.34. The first-order valence-electron chi connectivity index (χ1n) is 5.40. The Kier molecular flexibility index (Phi) is 4.64. The Morgan fingerprint density at radius 1 is 1.44 bits per heavy atom. The van der Waals surface area contributed by atoms with Crippen LogP contribution < -0.4 is 16.2 Å². The molecular weight excluding hydrogens is 202 g/mol. The van der Waals surface area contributed by atoms with E-state index in [0.717, 1.165) is 12.2 Å². The lowest BCUT2D eigenvalue weighted by Crippen LogP contribution is -2.27. The third-order valence-corrected chi connectivity index (χ3v) is 2.23. The number of aryl methyl sites for hydroxylation is 1. The van der Waals surface area contributed by atoms with E-state index in [1.165, 1.54) is 5.56 Å². The largest absolute Gasteiger partial charge is 0.489 e. The monoisotopic (exact) mass is 221 g/mol. The number of nitrogens with two attached hydrogens (primary N) is 2. The second-order valence-electron chi connectivity index (χ2n) is 3.73. The second kappa shape index (κ2) is 6.00. The predicted molar refractivity (Wildman–Crippen MR) is 66.6 cm³/mol. The molecule has 0 aliphatic carbocycles. The molecule has 0 aliphatic rings. The van der Waals surface area contributed by atoms with E-state index in [1.807, 2.05) is 38.1 Å². The molecule has 1 aromatic carbocycles. The molecule has 0 saturated heterocycles. The van der Waals surface area contributed by atoms with Gasteiger partial charge in [-0.25, -0.2) is 4.99 Å². The van der Waals surface area contributed by atoms with E-state index in [1.54, 1.807) is 0 Å². The lowest BCUT2D eigenvalue weighted by molar-refractivity contribution is 0.205. The molecule has 4 heteroatoms. The maximum atomic E-state index is 5.78. The van der Waals surface area contributed by atoms with Crippen LogP contribution in [0.25, 0.3) is 0 Å². The number of benzene rings is 1. The van der Waals surface area contributed by atoms with Crippen molar-refractivity contribution >= 4 is 5.96 Å². The maximum Gasteiger partial charge on any atom is 0.186 e. The van der Waals surface area contributed by atoms with Gasteiger partial charge >= 0.3 is 0 Å². The van der Waals surface area contributed by atoms with Gasteiger partial charge in [-0.1, -0.05) is 19.1 Å². The van der Waals surface area contributed by atoms with Crippen LogP contribution in [0.15, 0.2) is 29.3 Å². The summed E-state index contributed by atoms with van der Waals surface area (Å²) in [6, 6.07) is 7.94. The smallest absolute Gasteiger partial charge is 0.186 e. The molecule has 0 spiro atoms. The summed E-state index contributed by atoms with van der Waals surface area (Å²) in [7, 11) is 0. The normalized spacial score (nSPS) is 11.9. The van der Waals surface area contributed by atoms with E-state index in [9.17, 15) is 0 Å². The molecule has 0 bridgehead atoms. The van der Waals surface area contributed by atoms with Crippen LogP contribution in [0.3, 0.4) is 0 Å². The van der Waals surface area contributed by atoms with Gasteiger partial charge in [-0.3, -0.25) is 0 Å². The average Bonchev–Trinajstić information content (AvgIpc) is 2.24. The minimum atomic E-state index is 0.0175. The first-order valence-corrected chi connectivity index (χ1v) is 5.40. The fraction of sp³-hybridized carbons (Fsp3) is 0.417. The highest BCUT2D eigenvalue weighted by molar-refractivity contribution is 5.75. The van der Waals surface area contributed by atoms with Crippen molar-refractivity contribution in [3.05, 3.63) is 29.8 Å². The summed E-state index contributed by atoms with van der Waals surface area (Å²) in [5, 5.41) is 0. The number of rotatable bonds is 5. The number of guanidine groups is 1. The first-order chi connectivity index (χ1) is 7.61. The zero-order valence-corrected chi connectivity index (χ0v) is 9.81. The fourth-order valence-electron chi connectivity index (χ4n) is 1.34. The number of nitrogens with zero attached hydrogens (tertiary/aromatic N) is 1. The van der Waals surface area contributed by atoms with E-state index in [4.69, 9.17) is 16.2 Å². The van der Waals surface area contributed by atoms with Crippen molar-refractivity contribution in [3.8, 4) is 5.75 Å². The Morgan fingerprint density at radius 3 is 2.75 bits per heavy atom. The molecule has 0 heterocycles. The van der Waals surface area contributed by atoms with Crippen LogP contribution in [0, 0.1) is 6.92 Å². The highest BCUT2D eigenvalue weighted by Crippen LogP contribution is 2.15. The molecule has 1 aromatic rings. The Balaban J connectivity index is 2.59. The van der Waals surface area contributed by atoms with Gasteiger partial charge < -0.3 is 16.2 Å². The van der Waals surface area contributed by atoms with Crippen LogP contribution in [-0.2, 0) is 0 Å². The van der Waals surface area contributed by atoms with Crippen LogP contribution >= 0.6 is 0 Å². The Bertz CT molecular complexity index is 359. The van der Waals surface area contributed by atoms with Gasteiger partial charge in [0.1, 0.15) is 11.9 Å². The average molecular weight is 221 g/mol. The summed E-state index contributed by atoms with van der Waals surface area (Å²) in [5.74, 6) is 0.962. The van der Waals surface area contributed by atoms with Crippen molar-refractivity contribution in [3.63, 3.8) is 0 Å². The molecule has 0 aliphatic heterocycles. The third kappa shape index (κ3) is 4.21. The van der Waals surface area contributed by atoms with Gasteiger partial charge in [-0.05, 0) is 31.0 Å². The number of ether oxygens (including phenoxy) is 1. The van der Waals surface area contributed by atoms with Gasteiger partial charge in [0.2, 0.25) is 0 Å². The maximum absolute atomic E-state index is 5.78. The van der Waals surface area contributed by atoms with Gasteiger partial charge in [-0.2, -0.15) is 0 Å².